The van der Waals surface area contributed by atoms with Gasteiger partial charge < -0.3 is 10.6 Å². The molecule has 0 radical (unpaired) electrons. The highest BCUT2D eigenvalue weighted by molar-refractivity contribution is 6.30. The molecule has 1 amide bonds. The van der Waals surface area contributed by atoms with Crippen LogP contribution in [-0.4, -0.2) is 25.0 Å². The van der Waals surface area contributed by atoms with Crippen LogP contribution in [0.15, 0.2) is 24.3 Å². The second-order valence-corrected chi connectivity index (χ2v) is 6.75. The van der Waals surface area contributed by atoms with Gasteiger partial charge in [0.2, 0.25) is 5.91 Å². The summed E-state index contributed by atoms with van der Waals surface area (Å²) in [5.41, 5.74) is 0.771. The van der Waals surface area contributed by atoms with Crippen LogP contribution in [0.1, 0.15) is 44.1 Å². The Morgan fingerprint density at radius 2 is 1.90 bits per heavy atom. The second kappa shape index (κ2) is 6.37. The number of amides is 1. The summed E-state index contributed by atoms with van der Waals surface area (Å²) in [6, 6.07) is 8.10. The maximum absolute atomic E-state index is 12.9. The van der Waals surface area contributed by atoms with E-state index < -0.39 is 0 Å². The number of piperidine rings is 1. The van der Waals surface area contributed by atoms with Crippen LogP contribution in [0.3, 0.4) is 0 Å². The van der Waals surface area contributed by atoms with E-state index in [2.05, 4.69) is 10.6 Å². The molecular formula is C17H23ClN2O. The van der Waals surface area contributed by atoms with Gasteiger partial charge in [0.05, 0.1) is 5.41 Å². The third kappa shape index (κ3) is 3.09. The molecule has 3 nitrogen and oxygen atoms in total. The predicted octanol–water partition coefficient (Wildman–Crippen LogP) is 3.02. The minimum Gasteiger partial charge on any atom is -0.351 e. The fraction of sp³-hybridized carbons (Fsp3) is 0.588. The highest BCUT2D eigenvalue weighted by atomic mass is 35.5. The average molecular weight is 307 g/mol. The van der Waals surface area contributed by atoms with Crippen molar-refractivity contribution in [2.24, 2.45) is 0 Å². The Hall–Kier alpha value is -1.06. The molecule has 1 saturated carbocycles. The summed E-state index contributed by atoms with van der Waals surface area (Å²) in [5, 5.41) is 7.36. The molecule has 1 aromatic rings. The van der Waals surface area contributed by atoms with Crippen molar-refractivity contribution in [3.05, 3.63) is 34.9 Å². The van der Waals surface area contributed by atoms with E-state index >= 15 is 0 Å². The lowest BCUT2D eigenvalue weighted by molar-refractivity contribution is -0.127. The van der Waals surface area contributed by atoms with E-state index in [4.69, 9.17) is 11.6 Å². The summed E-state index contributed by atoms with van der Waals surface area (Å²) >= 11 is 5.99. The van der Waals surface area contributed by atoms with Crippen LogP contribution >= 0.6 is 11.6 Å². The number of halogens is 1. The van der Waals surface area contributed by atoms with Crippen molar-refractivity contribution in [2.45, 2.75) is 50.0 Å². The van der Waals surface area contributed by atoms with E-state index in [1.165, 1.54) is 0 Å². The van der Waals surface area contributed by atoms with E-state index in [0.717, 1.165) is 62.2 Å². The Kier molecular flexibility index (Phi) is 4.51. The molecule has 1 atom stereocenters. The Balaban J connectivity index is 1.79. The first-order valence-electron chi connectivity index (χ1n) is 7.98. The first-order valence-corrected chi connectivity index (χ1v) is 8.36. The topological polar surface area (TPSA) is 41.1 Å². The Labute approximate surface area is 131 Å². The molecule has 1 aliphatic heterocycles. The largest absolute Gasteiger partial charge is 0.351 e. The number of carbonyl (C=O) groups excluding carboxylic acids is 1. The summed E-state index contributed by atoms with van der Waals surface area (Å²) < 4.78 is 0. The zero-order valence-corrected chi connectivity index (χ0v) is 13.1. The molecule has 1 unspecified atom stereocenters. The molecule has 3 rings (SSSR count). The van der Waals surface area contributed by atoms with Gasteiger partial charge in [-0.2, -0.15) is 0 Å². The van der Waals surface area contributed by atoms with Gasteiger partial charge in [-0.1, -0.05) is 36.6 Å². The number of nitrogens with one attached hydrogen (secondary N) is 2. The summed E-state index contributed by atoms with van der Waals surface area (Å²) in [6.07, 6.45) is 6.35. The fourth-order valence-electron chi connectivity index (χ4n) is 3.69. The van der Waals surface area contributed by atoms with Gasteiger partial charge in [-0.05, 0) is 49.9 Å². The zero-order chi connectivity index (χ0) is 14.7. The summed E-state index contributed by atoms with van der Waals surface area (Å²) in [6.45, 7) is 1.96. The van der Waals surface area contributed by atoms with Gasteiger partial charge in [0.25, 0.3) is 0 Å². The number of carbonyl (C=O) groups is 1. The summed E-state index contributed by atoms with van der Waals surface area (Å²) in [4.78, 5) is 12.9. The normalized spacial score (nSPS) is 24.7. The Morgan fingerprint density at radius 3 is 2.52 bits per heavy atom. The van der Waals surface area contributed by atoms with E-state index in [9.17, 15) is 4.79 Å². The van der Waals surface area contributed by atoms with Crippen LogP contribution in [0, 0.1) is 0 Å². The highest BCUT2D eigenvalue weighted by Gasteiger charge is 2.43. The van der Waals surface area contributed by atoms with Crippen molar-refractivity contribution < 1.29 is 4.79 Å². The first kappa shape index (κ1) is 14.9. The molecule has 0 bridgehead atoms. The molecule has 2 fully saturated rings. The minimum absolute atomic E-state index is 0.205. The molecule has 1 heterocycles. The molecule has 1 aromatic carbocycles. The van der Waals surface area contributed by atoms with E-state index in [0.29, 0.717) is 0 Å². The van der Waals surface area contributed by atoms with Crippen LogP contribution in [0.2, 0.25) is 5.02 Å². The van der Waals surface area contributed by atoms with Gasteiger partial charge in [0, 0.05) is 17.6 Å². The number of hydrogen-bond donors (Lipinski definition) is 2. The SMILES string of the molecule is O=C(NC1CCCNC1)C1(c2ccc(Cl)cc2)CCCC1. The van der Waals surface area contributed by atoms with Crippen molar-refractivity contribution >= 4 is 17.5 Å². The number of benzene rings is 1. The molecular weight excluding hydrogens is 284 g/mol. The molecule has 1 aliphatic carbocycles. The van der Waals surface area contributed by atoms with Gasteiger partial charge >= 0.3 is 0 Å². The molecule has 21 heavy (non-hydrogen) atoms. The van der Waals surface area contributed by atoms with Crippen molar-refractivity contribution in [3.8, 4) is 0 Å². The van der Waals surface area contributed by atoms with E-state index in [-0.39, 0.29) is 17.4 Å². The molecule has 0 spiro atoms. The summed E-state index contributed by atoms with van der Waals surface area (Å²) in [5.74, 6) is 0.205. The van der Waals surface area contributed by atoms with Crippen molar-refractivity contribution in [2.75, 3.05) is 13.1 Å². The van der Waals surface area contributed by atoms with Crippen molar-refractivity contribution in [1.29, 1.82) is 0 Å². The van der Waals surface area contributed by atoms with Crippen molar-refractivity contribution in [1.82, 2.24) is 10.6 Å². The molecule has 4 heteroatoms. The van der Waals surface area contributed by atoms with Gasteiger partial charge in [-0.15, -0.1) is 0 Å². The molecule has 114 valence electrons. The monoisotopic (exact) mass is 306 g/mol. The van der Waals surface area contributed by atoms with Crippen LogP contribution in [0.5, 0.6) is 0 Å². The first-order chi connectivity index (χ1) is 10.2. The lowest BCUT2D eigenvalue weighted by atomic mass is 9.77. The van der Waals surface area contributed by atoms with Gasteiger partial charge in [0.1, 0.15) is 0 Å². The van der Waals surface area contributed by atoms with E-state index in [1.54, 1.807) is 0 Å². The smallest absolute Gasteiger partial charge is 0.230 e. The Bertz CT molecular complexity index is 488. The van der Waals surface area contributed by atoms with Gasteiger partial charge in [-0.25, -0.2) is 0 Å². The average Bonchev–Trinajstić information content (AvgIpc) is 3.00. The van der Waals surface area contributed by atoms with Crippen LogP contribution < -0.4 is 10.6 Å². The van der Waals surface area contributed by atoms with Crippen molar-refractivity contribution in [3.63, 3.8) is 0 Å². The Morgan fingerprint density at radius 1 is 1.19 bits per heavy atom. The third-order valence-electron chi connectivity index (χ3n) is 4.92. The highest BCUT2D eigenvalue weighted by Crippen LogP contribution is 2.41. The standard InChI is InChI=1S/C17H23ClN2O/c18-14-7-5-13(6-8-14)17(9-1-2-10-17)16(21)20-15-4-3-11-19-12-15/h5-8,15,19H,1-4,9-12H2,(H,20,21). The maximum atomic E-state index is 12.9. The third-order valence-corrected chi connectivity index (χ3v) is 5.17. The minimum atomic E-state index is -0.345. The quantitative estimate of drug-likeness (QED) is 0.901. The number of rotatable bonds is 3. The van der Waals surface area contributed by atoms with Gasteiger partial charge in [-0.3, -0.25) is 4.79 Å². The molecule has 2 N–H and O–H groups in total. The van der Waals surface area contributed by atoms with Crippen LogP contribution in [0.4, 0.5) is 0 Å². The lowest BCUT2D eigenvalue weighted by Crippen LogP contribution is -2.51. The molecule has 1 saturated heterocycles. The summed E-state index contributed by atoms with van der Waals surface area (Å²) in [7, 11) is 0. The maximum Gasteiger partial charge on any atom is 0.230 e. The number of hydrogen-bond acceptors (Lipinski definition) is 2. The predicted molar refractivity (Wildman–Crippen MR) is 85.6 cm³/mol. The van der Waals surface area contributed by atoms with Gasteiger partial charge in [0.15, 0.2) is 0 Å². The zero-order valence-electron chi connectivity index (χ0n) is 12.3. The van der Waals surface area contributed by atoms with Crippen LogP contribution in [-0.2, 0) is 10.2 Å². The molecule has 2 aliphatic rings. The van der Waals surface area contributed by atoms with E-state index in [1.807, 2.05) is 24.3 Å². The second-order valence-electron chi connectivity index (χ2n) is 6.31. The van der Waals surface area contributed by atoms with Crippen LogP contribution in [0.25, 0.3) is 0 Å². The fourth-order valence-corrected chi connectivity index (χ4v) is 3.82. The molecule has 0 aromatic heterocycles. The lowest BCUT2D eigenvalue weighted by Gasteiger charge is -2.32.